The van der Waals surface area contributed by atoms with E-state index in [1.807, 2.05) is 18.2 Å². The molecule has 0 unspecified atom stereocenters. The second-order valence-corrected chi connectivity index (χ2v) is 9.09. The number of ether oxygens (including phenoxy) is 1. The largest absolute Gasteiger partial charge is 0.495 e. The molecule has 0 atom stereocenters. The van der Waals surface area contributed by atoms with Crippen LogP contribution in [0.4, 0.5) is 5.69 Å². The lowest BCUT2D eigenvalue weighted by Gasteiger charge is -2.18. The Morgan fingerprint density at radius 1 is 1.15 bits per heavy atom. The Hall–Kier alpha value is -1.65. The number of hydrogen-bond acceptors (Lipinski definition) is 4. The van der Waals surface area contributed by atoms with Crippen molar-refractivity contribution in [2.24, 2.45) is 0 Å². The average Bonchev–Trinajstić information content (AvgIpc) is 3.16. The molecule has 8 heteroatoms. The number of benzene rings is 2. The van der Waals surface area contributed by atoms with Gasteiger partial charge in [0.05, 0.1) is 7.11 Å². The van der Waals surface area contributed by atoms with Gasteiger partial charge in [-0.1, -0.05) is 6.07 Å². The number of nitrogens with one attached hydrogen (secondary N) is 1. The van der Waals surface area contributed by atoms with Crippen LogP contribution < -0.4 is 10.1 Å². The monoisotopic (exact) mass is 486 g/mol. The number of nitrogens with zero attached hydrogens (tertiary/aromatic N) is 1. The van der Waals surface area contributed by atoms with E-state index < -0.39 is 10.0 Å². The lowest BCUT2D eigenvalue weighted by molar-refractivity contribution is 0.102. The molecule has 0 aromatic heterocycles. The first-order valence-electron chi connectivity index (χ1n) is 8.17. The second-order valence-electron chi connectivity index (χ2n) is 5.94. The molecule has 0 saturated carbocycles. The van der Waals surface area contributed by atoms with Crippen LogP contribution in [0.15, 0.2) is 47.4 Å². The van der Waals surface area contributed by atoms with Crippen LogP contribution in [0, 0.1) is 3.57 Å². The number of sulfonamides is 1. The molecule has 0 bridgehead atoms. The first kappa shape index (κ1) is 19.1. The van der Waals surface area contributed by atoms with Crippen LogP contribution in [-0.4, -0.2) is 38.8 Å². The highest BCUT2D eigenvalue weighted by Gasteiger charge is 2.30. The minimum Gasteiger partial charge on any atom is -0.495 e. The minimum atomic E-state index is -3.69. The number of carbonyl (C=O) groups excluding carboxylic acids is 1. The maximum atomic E-state index is 12.9. The first-order valence-corrected chi connectivity index (χ1v) is 10.7. The molecule has 138 valence electrons. The summed E-state index contributed by atoms with van der Waals surface area (Å²) in [5, 5.41) is 2.79. The molecule has 0 aliphatic carbocycles. The van der Waals surface area contributed by atoms with E-state index in [4.69, 9.17) is 4.74 Å². The Labute approximate surface area is 166 Å². The van der Waals surface area contributed by atoms with Gasteiger partial charge >= 0.3 is 0 Å². The van der Waals surface area contributed by atoms with Gasteiger partial charge in [0.15, 0.2) is 0 Å². The zero-order valence-corrected chi connectivity index (χ0v) is 17.2. The standard InChI is InChI=1S/C18H19IN2O4S/c1-25-16-8-7-13(18(22)20-15-6-4-5-14(19)12-15)11-17(16)26(23,24)21-9-2-3-10-21/h4-8,11-12H,2-3,9-10H2,1H3,(H,20,22). The molecule has 2 aromatic carbocycles. The van der Waals surface area contributed by atoms with Crippen LogP contribution in [0.1, 0.15) is 23.2 Å². The third-order valence-electron chi connectivity index (χ3n) is 4.19. The highest BCUT2D eigenvalue weighted by molar-refractivity contribution is 14.1. The topological polar surface area (TPSA) is 75.7 Å². The van der Waals surface area contributed by atoms with Gasteiger partial charge in [0, 0.05) is 27.9 Å². The fraction of sp³-hybridized carbons (Fsp3) is 0.278. The Morgan fingerprint density at radius 3 is 2.54 bits per heavy atom. The number of anilines is 1. The predicted molar refractivity (Wildman–Crippen MR) is 108 cm³/mol. The maximum absolute atomic E-state index is 12.9. The predicted octanol–water partition coefficient (Wildman–Crippen LogP) is 3.34. The van der Waals surface area contributed by atoms with Crippen LogP contribution in [-0.2, 0) is 10.0 Å². The fourth-order valence-corrected chi connectivity index (χ4v) is 5.10. The average molecular weight is 486 g/mol. The van der Waals surface area contributed by atoms with Crippen LogP contribution in [0.25, 0.3) is 0 Å². The molecule has 1 aliphatic heterocycles. The normalized spacial score (nSPS) is 15.0. The van der Waals surface area contributed by atoms with Crippen LogP contribution in [0.5, 0.6) is 5.75 Å². The van der Waals surface area contributed by atoms with Crippen molar-refractivity contribution in [3.05, 3.63) is 51.6 Å². The number of rotatable bonds is 5. The smallest absolute Gasteiger partial charge is 0.255 e. The second kappa shape index (κ2) is 7.93. The van der Waals surface area contributed by atoms with E-state index in [2.05, 4.69) is 27.9 Å². The van der Waals surface area contributed by atoms with Crippen molar-refractivity contribution >= 4 is 44.2 Å². The Balaban J connectivity index is 1.93. The van der Waals surface area contributed by atoms with Crippen molar-refractivity contribution in [1.29, 1.82) is 0 Å². The van der Waals surface area contributed by atoms with Gasteiger partial charge in [-0.3, -0.25) is 4.79 Å². The first-order chi connectivity index (χ1) is 12.4. The summed E-state index contributed by atoms with van der Waals surface area (Å²) in [4.78, 5) is 12.6. The molecule has 1 saturated heterocycles. The van der Waals surface area contributed by atoms with E-state index in [0.29, 0.717) is 18.8 Å². The zero-order valence-electron chi connectivity index (χ0n) is 14.2. The van der Waals surface area contributed by atoms with Gasteiger partial charge in [-0.2, -0.15) is 4.31 Å². The molecule has 0 spiro atoms. The Kier molecular flexibility index (Phi) is 5.83. The third-order valence-corrected chi connectivity index (χ3v) is 6.78. The number of amides is 1. The summed E-state index contributed by atoms with van der Waals surface area (Å²) in [5.74, 6) is -0.129. The quantitative estimate of drug-likeness (QED) is 0.659. The summed E-state index contributed by atoms with van der Waals surface area (Å²) >= 11 is 2.16. The number of halogens is 1. The number of carbonyl (C=O) groups is 1. The van der Waals surface area contributed by atoms with E-state index in [9.17, 15) is 13.2 Å². The van der Waals surface area contributed by atoms with Crippen molar-refractivity contribution in [2.45, 2.75) is 17.7 Å². The van der Waals surface area contributed by atoms with E-state index in [1.54, 1.807) is 12.1 Å². The lowest BCUT2D eigenvalue weighted by atomic mass is 10.2. The third kappa shape index (κ3) is 4.02. The Bertz CT molecular complexity index is 925. The molecule has 1 amide bonds. The van der Waals surface area contributed by atoms with Crippen molar-refractivity contribution < 1.29 is 17.9 Å². The molecule has 0 radical (unpaired) electrons. The van der Waals surface area contributed by atoms with E-state index in [-0.39, 0.29) is 22.1 Å². The molecule has 3 rings (SSSR count). The van der Waals surface area contributed by atoms with E-state index >= 15 is 0 Å². The number of methoxy groups -OCH3 is 1. The van der Waals surface area contributed by atoms with Crippen LogP contribution in [0.3, 0.4) is 0 Å². The SMILES string of the molecule is COc1ccc(C(=O)Nc2cccc(I)c2)cc1S(=O)(=O)N1CCCC1. The van der Waals surface area contributed by atoms with Crippen molar-refractivity contribution in [3.8, 4) is 5.75 Å². The summed E-state index contributed by atoms with van der Waals surface area (Å²) in [6.45, 7) is 0.981. The van der Waals surface area contributed by atoms with Gasteiger partial charge in [0.25, 0.3) is 5.91 Å². The molecular weight excluding hydrogens is 467 g/mol. The molecule has 1 aliphatic rings. The molecular formula is C18H19IN2O4S. The summed E-state index contributed by atoms with van der Waals surface area (Å²) in [6, 6.07) is 11.8. The van der Waals surface area contributed by atoms with Crippen molar-refractivity contribution in [2.75, 3.05) is 25.5 Å². The van der Waals surface area contributed by atoms with Gasteiger partial charge in [0.2, 0.25) is 10.0 Å². The molecule has 2 aromatic rings. The summed E-state index contributed by atoms with van der Waals surface area (Å²) in [5.41, 5.74) is 0.920. The van der Waals surface area contributed by atoms with Gasteiger partial charge in [-0.05, 0) is 71.8 Å². The summed E-state index contributed by atoms with van der Waals surface area (Å²) in [7, 11) is -2.27. The molecule has 26 heavy (non-hydrogen) atoms. The van der Waals surface area contributed by atoms with Gasteiger partial charge in [0.1, 0.15) is 10.6 Å². The van der Waals surface area contributed by atoms with E-state index in [0.717, 1.165) is 16.4 Å². The minimum absolute atomic E-state index is 0.0252. The van der Waals surface area contributed by atoms with E-state index in [1.165, 1.54) is 23.5 Å². The van der Waals surface area contributed by atoms with Crippen LogP contribution in [0.2, 0.25) is 0 Å². The van der Waals surface area contributed by atoms with Gasteiger partial charge in [-0.25, -0.2) is 8.42 Å². The highest BCUT2D eigenvalue weighted by Crippen LogP contribution is 2.30. The van der Waals surface area contributed by atoms with Crippen molar-refractivity contribution in [1.82, 2.24) is 4.31 Å². The fourth-order valence-electron chi connectivity index (χ4n) is 2.86. The van der Waals surface area contributed by atoms with Crippen LogP contribution >= 0.6 is 22.6 Å². The molecule has 6 nitrogen and oxygen atoms in total. The lowest BCUT2D eigenvalue weighted by Crippen LogP contribution is -2.28. The summed E-state index contributed by atoms with van der Waals surface area (Å²) < 4.78 is 33.5. The maximum Gasteiger partial charge on any atom is 0.255 e. The van der Waals surface area contributed by atoms with Crippen molar-refractivity contribution in [3.63, 3.8) is 0 Å². The highest BCUT2D eigenvalue weighted by atomic mass is 127. The molecule has 1 N–H and O–H groups in total. The summed E-state index contributed by atoms with van der Waals surface area (Å²) in [6.07, 6.45) is 1.68. The molecule has 1 fully saturated rings. The van der Waals surface area contributed by atoms with Gasteiger partial charge in [-0.15, -0.1) is 0 Å². The zero-order chi connectivity index (χ0) is 18.7. The number of hydrogen-bond donors (Lipinski definition) is 1. The Morgan fingerprint density at radius 2 is 1.88 bits per heavy atom. The molecule has 1 heterocycles. The van der Waals surface area contributed by atoms with Gasteiger partial charge < -0.3 is 10.1 Å².